The van der Waals surface area contributed by atoms with E-state index in [1.54, 1.807) is 36.4 Å². The van der Waals surface area contributed by atoms with Crippen LogP contribution in [0.5, 0.6) is 11.5 Å². The zero-order valence-corrected chi connectivity index (χ0v) is 16.5. The number of ether oxygens (including phenoxy) is 2. The molecule has 2 aromatic carbocycles. The molecule has 28 heavy (non-hydrogen) atoms. The van der Waals surface area contributed by atoms with E-state index in [2.05, 4.69) is 20.2 Å². The van der Waals surface area contributed by atoms with E-state index in [-0.39, 0.29) is 15.2 Å². The van der Waals surface area contributed by atoms with Gasteiger partial charge in [0.15, 0.2) is 11.5 Å². The van der Waals surface area contributed by atoms with Gasteiger partial charge in [-0.15, -0.1) is 10.2 Å². The van der Waals surface area contributed by atoms with Crippen molar-refractivity contribution < 1.29 is 22.7 Å². The fraction of sp³-hybridized carbons (Fsp3) is 0.118. The van der Waals surface area contributed by atoms with Crippen molar-refractivity contribution in [3.05, 3.63) is 54.1 Å². The molecule has 146 valence electrons. The average molecular weight is 420 g/mol. The van der Waals surface area contributed by atoms with Gasteiger partial charge in [-0.2, -0.15) is 8.42 Å². The van der Waals surface area contributed by atoms with Gasteiger partial charge in [0.2, 0.25) is 5.13 Å². The van der Waals surface area contributed by atoms with E-state index >= 15 is 0 Å². The summed E-state index contributed by atoms with van der Waals surface area (Å²) in [7, 11) is -1.06. The minimum absolute atomic E-state index is 0.0709. The zero-order chi connectivity index (χ0) is 20.1. The molecule has 0 bridgehead atoms. The number of carbonyl (C=O) groups excluding carboxylic acids is 1. The summed E-state index contributed by atoms with van der Waals surface area (Å²) in [5.41, 5.74) is 0.688. The first-order valence-corrected chi connectivity index (χ1v) is 10.2. The van der Waals surface area contributed by atoms with Crippen LogP contribution in [-0.4, -0.2) is 38.7 Å². The van der Waals surface area contributed by atoms with Crippen molar-refractivity contribution in [1.29, 1.82) is 0 Å². The molecule has 0 aliphatic carbocycles. The Kier molecular flexibility index (Phi) is 5.76. The first kappa shape index (κ1) is 19.6. The van der Waals surface area contributed by atoms with Gasteiger partial charge >= 0.3 is 0 Å². The molecule has 0 aliphatic heterocycles. The molecule has 0 fully saturated rings. The van der Waals surface area contributed by atoms with E-state index in [4.69, 9.17) is 9.47 Å². The zero-order valence-electron chi connectivity index (χ0n) is 14.9. The highest BCUT2D eigenvalue weighted by atomic mass is 32.2. The van der Waals surface area contributed by atoms with E-state index < -0.39 is 15.9 Å². The van der Waals surface area contributed by atoms with E-state index in [0.717, 1.165) is 11.3 Å². The predicted octanol–water partition coefficient (Wildman–Crippen LogP) is 2.61. The van der Waals surface area contributed by atoms with Crippen molar-refractivity contribution in [3.8, 4) is 11.5 Å². The van der Waals surface area contributed by atoms with E-state index in [0.29, 0.717) is 17.1 Å². The van der Waals surface area contributed by atoms with Gasteiger partial charge in [-0.05, 0) is 24.3 Å². The molecular formula is C17H16N4O5S2. The largest absolute Gasteiger partial charge is 0.493 e. The summed E-state index contributed by atoms with van der Waals surface area (Å²) in [6.07, 6.45) is 0. The average Bonchev–Trinajstić information content (AvgIpc) is 3.17. The molecular weight excluding hydrogens is 404 g/mol. The maximum Gasteiger partial charge on any atom is 0.291 e. The number of aromatic nitrogens is 2. The molecule has 1 amide bonds. The number of sulfonamides is 1. The third kappa shape index (κ3) is 4.38. The highest BCUT2D eigenvalue weighted by Gasteiger charge is 2.22. The van der Waals surface area contributed by atoms with Crippen LogP contribution in [0.3, 0.4) is 0 Å². The molecule has 1 aromatic heterocycles. The molecule has 1 heterocycles. The Morgan fingerprint density at radius 2 is 1.71 bits per heavy atom. The van der Waals surface area contributed by atoms with Crippen LogP contribution in [0.15, 0.2) is 52.9 Å². The molecule has 9 nitrogen and oxygen atoms in total. The second-order valence-corrected chi connectivity index (χ2v) is 8.20. The highest BCUT2D eigenvalue weighted by molar-refractivity contribution is 7.94. The fourth-order valence-corrected chi connectivity index (χ4v) is 4.17. The molecule has 3 aromatic rings. The lowest BCUT2D eigenvalue weighted by molar-refractivity contribution is 0.102. The molecule has 11 heteroatoms. The summed E-state index contributed by atoms with van der Waals surface area (Å²) in [5.74, 6) is 0.427. The first-order valence-electron chi connectivity index (χ1n) is 7.87. The normalized spacial score (nSPS) is 10.9. The number of rotatable bonds is 7. The number of hydrogen-bond acceptors (Lipinski definition) is 8. The molecule has 0 radical (unpaired) electrons. The number of nitrogens with zero attached hydrogens (tertiary/aromatic N) is 2. The minimum Gasteiger partial charge on any atom is -0.493 e. The van der Waals surface area contributed by atoms with Crippen LogP contribution in [0.1, 0.15) is 10.4 Å². The second kappa shape index (κ2) is 8.23. The topological polar surface area (TPSA) is 120 Å². The van der Waals surface area contributed by atoms with Crippen molar-refractivity contribution in [1.82, 2.24) is 10.2 Å². The molecule has 0 unspecified atom stereocenters. The number of methoxy groups -OCH3 is 2. The molecule has 0 saturated heterocycles. The lowest BCUT2D eigenvalue weighted by Gasteiger charge is -2.10. The van der Waals surface area contributed by atoms with Gasteiger partial charge < -0.3 is 9.47 Å². The standard InChI is InChI=1S/C17H16N4O5S2/c1-25-13-9-8-12(10-14(13)26-2)21-28(23,24)17-20-19-16(27-17)18-15(22)11-6-4-3-5-7-11/h3-10,21H,1-2H3,(H,18,19,22). The number of amides is 1. The number of carbonyl (C=O) groups is 1. The van der Waals surface area contributed by atoms with Gasteiger partial charge in [-0.1, -0.05) is 29.5 Å². The summed E-state index contributed by atoms with van der Waals surface area (Å²) in [6, 6.07) is 13.1. The van der Waals surface area contributed by atoms with Crippen molar-refractivity contribution in [3.63, 3.8) is 0 Å². The fourth-order valence-electron chi connectivity index (χ4n) is 2.23. The smallest absolute Gasteiger partial charge is 0.291 e. The number of nitrogens with one attached hydrogen (secondary N) is 2. The third-order valence-electron chi connectivity index (χ3n) is 3.53. The van der Waals surface area contributed by atoms with E-state index in [9.17, 15) is 13.2 Å². The summed E-state index contributed by atoms with van der Waals surface area (Å²) < 4.78 is 37.5. The van der Waals surface area contributed by atoms with Gasteiger partial charge in [0, 0.05) is 11.6 Å². The monoisotopic (exact) mass is 420 g/mol. The molecule has 0 saturated carbocycles. The van der Waals surface area contributed by atoms with Crippen LogP contribution in [0.4, 0.5) is 10.8 Å². The SMILES string of the molecule is COc1ccc(NS(=O)(=O)c2nnc(NC(=O)c3ccccc3)s2)cc1OC. The predicted molar refractivity (Wildman–Crippen MR) is 105 cm³/mol. The number of hydrogen-bond donors (Lipinski definition) is 2. The van der Waals surface area contributed by atoms with Crippen LogP contribution in [-0.2, 0) is 10.0 Å². The summed E-state index contributed by atoms with van der Waals surface area (Å²) in [4.78, 5) is 12.1. The van der Waals surface area contributed by atoms with Gasteiger partial charge in [0.05, 0.1) is 19.9 Å². The molecule has 3 rings (SSSR count). The van der Waals surface area contributed by atoms with E-state index in [1.807, 2.05) is 0 Å². The lowest BCUT2D eigenvalue weighted by atomic mass is 10.2. The van der Waals surface area contributed by atoms with Crippen LogP contribution in [0.25, 0.3) is 0 Å². The van der Waals surface area contributed by atoms with Gasteiger partial charge in [-0.3, -0.25) is 14.8 Å². The second-order valence-electron chi connectivity index (χ2n) is 5.37. The van der Waals surface area contributed by atoms with Crippen LogP contribution in [0.2, 0.25) is 0 Å². The highest BCUT2D eigenvalue weighted by Crippen LogP contribution is 2.31. The van der Waals surface area contributed by atoms with E-state index in [1.165, 1.54) is 26.4 Å². The first-order chi connectivity index (χ1) is 13.4. The summed E-state index contributed by atoms with van der Waals surface area (Å²) >= 11 is 0.739. The van der Waals surface area contributed by atoms with Crippen LogP contribution in [0, 0.1) is 0 Å². The molecule has 0 atom stereocenters. The van der Waals surface area contributed by atoms with Crippen molar-refractivity contribution in [2.45, 2.75) is 4.34 Å². The Bertz CT molecular complexity index is 1080. The van der Waals surface area contributed by atoms with Crippen LogP contribution < -0.4 is 19.5 Å². The Hall–Kier alpha value is -3.18. The minimum atomic E-state index is -3.99. The van der Waals surface area contributed by atoms with Gasteiger partial charge in [-0.25, -0.2) is 0 Å². The van der Waals surface area contributed by atoms with Gasteiger partial charge in [0.25, 0.3) is 20.3 Å². The number of anilines is 2. The van der Waals surface area contributed by atoms with Crippen molar-refractivity contribution >= 4 is 38.1 Å². The maximum atomic E-state index is 12.5. The molecule has 0 aliphatic rings. The van der Waals surface area contributed by atoms with Crippen molar-refractivity contribution in [2.75, 3.05) is 24.3 Å². The Balaban J connectivity index is 1.75. The maximum absolute atomic E-state index is 12.5. The Labute approximate surface area is 165 Å². The quantitative estimate of drug-likeness (QED) is 0.564. The number of benzene rings is 2. The summed E-state index contributed by atoms with van der Waals surface area (Å²) in [6.45, 7) is 0. The third-order valence-corrected chi connectivity index (χ3v) is 6.12. The lowest BCUT2D eigenvalue weighted by Crippen LogP contribution is -2.12. The Morgan fingerprint density at radius 1 is 1.00 bits per heavy atom. The van der Waals surface area contributed by atoms with Crippen molar-refractivity contribution in [2.24, 2.45) is 0 Å². The van der Waals surface area contributed by atoms with Crippen LogP contribution >= 0.6 is 11.3 Å². The molecule has 0 spiro atoms. The molecule has 2 N–H and O–H groups in total. The van der Waals surface area contributed by atoms with Gasteiger partial charge in [0.1, 0.15) is 0 Å². The Morgan fingerprint density at radius 3 is 2.39 bits per heavy atom. The summed E-state index contributed by atoms with van der Waals surface area (Å²) in [5, 5.41) is 9.97.